The summed E-state index contributed by atoms with van der Waals surface area (Å²) in [7, 11) is -3.39. The zero-order chi connectivity index (χ0) is 17.9. The first-order valence-corrected chi connectivity index (χ1v) is 10.9. The van der Waals surface area contributed by atoms with E-state index >= 15 is 0 Å². The first-order valence-electron chi connectivity index (χ1n) is 9.27. The van der Waals surface area contributed by atoms with E-state index in [-0.39, 0.29) is 18.1 Å². The third kappa shape index (κ3) is 4.61. The Bertz CT molecular complexity index is 686. The van der Waals surface area contributed by atoms with Crippen molar-refractivity contribution in [1.29, 1.82) is 0 Å². The standard InChI is InChI=1S/C19H28N2O3S/c1-16-6-8-18(9-7-16)25(23,24)15-10-19(22)21-13-11-20(12-14-21)17-4-2-3-5-17/h6-9,17H,2-5,10-15H2,1H3. The van der Waals surface area contributed by atoms with Crippen LogP contribution < -0.4 is 0 Å². The number of carbonyl (C=O) groups excluding carboxylic acids is 1. The third-order valence-electron chi connectivity index (χ3n) is 5.47. The van der Waals surface area contributed by atoms with Crippen LogP contribution in [0.1, 0.15) is 37.7 Å². The Morgan fingerprint density at radius 2 is 1.64 bits per heavy atom. The van der Waals surface area contributed by atoms with Crippen LogP contribution in [0, 0.1) is 6.92 Å². The molecule has 0 unspecified atom stereocenters. The molecular weight excluding hydrogens is 336 g/mol. The normalized spacial score (nSPS) is 20.1. The highest BCUT2D eigenvalue weighted by atomic mass is 32.2. The minimum Gasteiger partial charge on any atom is -0.340 e. The number of sulfone groups is 1. The van der Waals surface area contributed by atoms with Crippen molar-refractivity contribution in [3.8, 4) is 0 Å². The van der Waals surface area contributed by atoms with Gasteiger partial charge in [-0.1, -0.05) is 30.5 Å². The van der Waals surface area contributed by atoms with E-state index in [1.165, 1.54) is 25.7 Å². The number of piperazine rings is 1. The van der Waals surface area contributed by atoms with Gasteiger partial charge in [0.05, 0.1) is 10.6 Å². The molecule has 1 amide bonds. The molecule has 6 heteroatoms. The van der Waals surface area contributed by atoms with Crippen LogP contribution in [-0.4, -0.2) is 62.1 Å². The zero-order valence-corrected chi connectivity index (χ0v) is 15.8. The third-order valence-corrected chi connectivity index (χ3v) is 7.20. The smallest absolute Gasteiger partial charge is 0.223 e. The molecule has 25 heavy (non-hydrogen) atoms. The van der Waals surface area contributed by atoms with Gasteiger partial charge < -0.3 is 4.90 Å². The number of carbonyl (C=O) groups is 1. The van der Waals surface area contributed by atoms with Crippen LogP contribution >= 0.6 is 0 Å². The number of amides is 1. The lowest BCUT2D eigenvalue weighted by Crippen LogP contribution is -2.51. The maximum atomic E-state index is 12.4. The molecule has 1 saturated carbocycles. The summed E-state index contributed by atoms with van der Waals surface area (Å²) in [4.78, 5) is 17.0. The van der Waals surface area contributed by atoms with E-state index in [4.69, 9.17) is 0 Å². The highest BCUT2D eigenvalue weighted by molar-refractivity contribution is 7.91. The van der Waals surface area contributed by atoms with E-state index in [1.54, 1.807) is 24.3 Å². The molecule has 0 aromatic heterocycles. The number of rotatable bonds is 5. The maximum absolute atomic E-state index is 12.4. The first kappa shape index (κ1) is 18.4. The number of benzene rings is 1. The summed E-state index contributed by atoms with van der Waals surface area (Å²) < 4.78 is 24.8. The summed E-state index contributed by atoms with van der Waals surface area (Å²) in [5, 5.41) is 0. The van der Waals surface area contributed by atoms with Gasteiger partial charge >= 0.3 is 0 Å². The van der Waals surface area contributed by atoms with Gasteiger partial charge in [0.25, 0.3) is 0 Å². The highest BCUT2D eigenvalue weighted by Gasteiger charge is 2.28. The average molecular weight is 365 g/mol. The molecule has 1 saturated heterocycles. The number of hydrogen-bond donors (Lipinski definition) is 0. The number of nitrogens with zero attached hydrogens (tertiary/aromatic N) is 2. The fourth-order valence-electron chi connectivity index (χ4n) is 3.85. The lowest BCUT2D eigenvalue weighted by molar-refractivity contribution is -0.132. The van der Waals surface area contributed by atoms with Gasteiger partial charge in [-0.05, 0) is 31.9 Å². The second kappa shape index (κ2) is 7.87. The Hall–Kier alpha value is -1.40. The van der Waals surface area contributed by atoms with Gasteiger partial charge in [0.15, 0.2) is 9.84 Å². The molecule has 1 aliphatic heterocycles. The van der Waals surface area contributed by atoms with Crippen molar-refractivity contribution >= 4 is 15.7 Å². The lowest BCUT2D eigenvalue weighted by atomic mass is 10.2. The average Bonchev–Trinajstić information content (AvgIpc) is 3.15. The van der Waals surface area contributed by atoms with E-state index in [1.807, 2.05) is 11.8 Å². The van der Waals surface area contributed by atoms with Crippen LogP contribution in [-0.2, 0) is 14.6 Å². The van der Waals surface area contributed by atoms with E-state index < -0.39 is 9.84 Å². The summed E-state index contributed by atoms with van der Waals surface area (Å²) in [5.41, 5.74) is 1.02. The molecular formula is C19H28N2O3S. The van der Waals surface area contributed by atoms with E-state index in [0.29, 0.717) is 10.9 Å². The molecule has 0 bridgehead atoms. The summed E-state index contributed by atoms with van der Waals surface area (Å²) in [6.45, 7) is 5.20. The van der Waals surface area contributed by atoms with Crippen molar-refractivity contribution in [2.75, 3.05) is 31.9 Å². The Kier molecular flexibility index (Phi) is 5.79. The molecule has 2 fully saturated rings. The van der Waals surface area contributed by atoms with Crippen molar-refractivity contribution < 1.29 is 13.2 Å². The highest BCUT2D eigenvalue weighted by Crippen LogP contribution is 2.24. The molecule has 3 rings (SSSR count). The fourth-order valence-corrected chi connectivity index (χ4v) is 5.08. The SMILES string of the molecule is Cc1ccc(S(=O)(=O)CCC(=O)N2CCN(C3CCCC3)CC2)cc1. The Morgan fingerprint density at radius 1 is 1.04 bits per heavy atom. The number of aryl methyl sites for hydroxylation is 1. The molecule has 0 N–H and O–H groups in total. The van der Waals surface area contributed by atoms with Crippen LogP contribution in [0.2, 0.25) is 0 Å². The molecule has 1 aromatic rings. The fraction of sp³-hybridized carbons (Fsp3) is 0.632. The van der Waals surface area contributed by atoms with Gasteiger partial charge in [-0.15, -0.1) is 0 Å². The van der Waals surface area contributed by atoms with E-state index in [9.17, 15) is 13.2 Å². The largest absolute Gasteiger partial charge is 0.340 e. The Balaban J connectivity index is 1.48. The molecule has 2 aliphatic rings. The summed E-state index contributed by atoms with van der Waals surface area (Å²) >= 11 is 0. The minimum atomic E-state index is -3.39. The van der Waals surface area contributed by atoms with Crippen molar-refractivity contribution in [1.82, 2.24) is 9.80 Å². The summed E-state index contributed by atoms with van der Waals surface area (Å²) in [6.07, 6.45) is 5.27. The maximum Gasteiger partial charge on any atom is 0.223 e. The number of hydrogen-bond acceptors (Lipinski definition) is 4. The minimum absolute atomic E-state index is 0.0400. The van der Waals surface area contributed by atoms with Crippen molar-refractivity contribution in [3.05, 3.63) is 29.8 Å². The van der Waals surface area contributed by atoms with Gasteiger partial charge in [-0.3, -0.25) is 9.69 Å². The topological polar surface area (TPSA) is 57.7 Å². The quantitative estimate of drug-likeness (QED) is 0.804. The van der Waals surface area contributed by atoms with Gasteiger partial charge in [-0.2, -0.15) is 0 Å². The molecule has 0 radical (unpaired) electrons. The van der Waals surface area contributed by atoms with Crippen molar-refractivity contribution in [2.45, 2.75) is 50.0 Å². The van der Waals surface area contributed by atoms with Crippen LogP contribution in [0.5, 0.6) is 0 Å². The van der Waals surface area contributed by atoms with Crippen molar-refractivity contribution in [2.24, 2.45) is 0 Å². The molecule has 1 aromatic carbocycles. The second-order valence-corrected chi connectivity index (χ2v) is 9.35. The predicted molar refractivity (Wildman–Crippen MR) is 98.3 cm³/mol. The molecule has 1 heterocycles. The van der Waals surface area contributed by atoms with Gasteiger partial charge in [0.2, 0.25) is 5.91 Å². The second-order valence-electron chi connectivity index (χ2n) is 7.24. The Labute approximate surface area is 150 Å². The molecule has 0 spiro atoms. The molecule has 138 valence electrons. The molecule has 1 aliphatic carbocycles. The van der Waals surface area contributed by atoms with Crippen molar-refractivity contribution in [3.63, 3.8) is 0 Å². The molecule has 5 nitrogen and oxygen atoms in total. The van der Waals surface area contributed by atoms with Crippen LogP contribution in [0.4, 0.5) is 0 Å². The summed E-state index contributed by atoms with van der Waals surface area (Å²) in [5.74, 6) is -0.153. The monoisotopic (exact) mass is 364 g/mol. The molecule has 0 atom stereocenters. The zero-order valence-electron chi connectivity index (χ0n) is 15.0. The van der Waals surface area contributed by atoms with E-state index in [2.05, 4.69) is 4.90 Å². The van der Waals surface area contributed by atoms with Crippen LogP contribution in [0.3, 0.4) is 0 Å². The first-order chi connectivity index (χ1) is 12.0. The predicted octanol–water partition coefficient (Wildman–Crippen LogP) is 2.25. The van der Waals surface area contributed by atoms with Gasteiger partial charge in [0.1, 0.15) is 0 Å². The lowest BCUT2D eigenvalue weighted by Gasteiger charge is -2.38. The van der Waals surface area contributed by atoms with Crippen LogP contribution in [0.25, 0.3) is 0 Å². The van der Waals surface area contributed by atoms with E-state index in [0.717, 1.165) is 31.7 Å². The van der Waals surface area contributed by atoms with Crippen LogP contribution in [0.15, 0.2) is 29.2 Å². The Morgan fingerprint density at radius 3 is 2.24 bits per heavy atom. The van der Waals surface area contributed by atoms with Gasteiger partial charge in [0, 0.05) is 38.6 Å². The van der Waals surface area contributed by atoms with Gasteiger partial charge in [-0.25, -0.2) is 8.42 Å². The summed E-state index contributed by atoms with van der Waals surface area (Å²) in [6, 6.07) is 7.51.